The number of anilines is 1. The van der Waals surface area contributed by atoms with Crippen molar-refractivity contribution in [3.8, 4) is 0 Å². The summed E-state index contributed by atoms with van der Waals surface area (Å²) in [5.74, 6) is -0.281. The Bertz CT molecular complexity index is 1500. The minimum absolute atomic E-state index is 0.0960. The number of carbonyl (C=O) groups excluding carboxylic acids is 1. The summed E-state index contributed by atoms with van der Waals surface area (Å²) in [7, 11) is -3.77. The van der Waals surface area contributed by atoms with E-state index in [0.717, 1.165) is 22.2 Å². The summed E-state index contributed by atoms with van der Waals surface area (Å²) < 4.78 is 28.4. The molecule has 7 nitrogen and oxygen atoms in total. The van der Waals surface area contributed by atoms with E-state index in [0.29, 0.717) is 10.7 Å². The molecule has 0 radical (unpaired) electrons. The van der Waals surface area contributed by atoms with E-state index in [-0.39, 0.29) is 30.4 Å². The largest absolute Gasteiger partial charge is 0.279 e. The maximum Gasteiger partial charge on any atom is 0.260 e. The number of pyridine rings is 1. The van der Waals surface area contributed by atoms with Crippen molar-refractivity contribution in [2.45, 2.75) is 24.8 Å². The van der Waals surface area contributed by atoms with Gasteiger partial charge >= 0.3 is 0 Å². The van der Waals surface area contributed by atoms with E-state index in [2.05, 4.69) is 31.1 Å². The lowest BCUT2D eigenvalue weighted by molar-refractivity contribution is 0.0985. The molecule has 0 saturated heterocycles. The maximum atomic E-state index is 13.7. The molecular weight excluding hydrogens is 504 g/mol. The molecule has 0 aliphatic rings. The third-order valence-corrected chi connectivity index (χ3v) is 8.68. The molecule has 1 amide bonds. The lowest BCUT2D eigenvalue weighted by Gasteiger charge is -2.21. The van der Waals surface area contributed by atoms with Crippen molar-refractivity contribution in [2.24, 2.45) is 0 Å². The van der Waals surface area contributed by atoms with Gasteiger partial charge in [-0.25, -0.2) is 13.4 Å². The average molecular weight is 533 g/mol. The molecule has 4 rings (SSSR count). The molecule has 2 heterocycles. The first-order valence-corrected chi connectivity index (χ1v) is 14.0. The zero-order valence-electron chi connectivity index (χ0n) is 20.6. The number of benzene rings is 2. The van der Waals surface area contributed by atoms with Crippen LogP contribution in [-0.2, 0) is 23.0 Å². The number of aryl methyl sites for hydroxylation is 1. The Morgan fingerprint density at radius 2 is 1.76 bits per heavy atom. The van der Waals surface area contributed by atoms with Crippen molar-refractivity contribution in [1.29, 1.82) is 0 Å². The zero-order chi connectivity index (χ0) is 26.4. The van der Waals surface area contributed by atoms with Gasteiger partial charge in [0.2, 0.25) is 10.0 Å². The molecule has 0 atom stereocenters. The van der Waals surface area contributed by atoms with Crippen molar-refractivity contribution in [1.82, 2.24) is 14.3 Å². The number of amides is 1. The van der Waals surface area contributed by atoms with Crippen LogP contribution in [0.25, 0.3) is 10.2 Å². The molecule has 0 bridgehead atoms. The first kappa shape index (κ1) is 26.4. The summed E-state index contributed by atoms with van der Waals surface area (Å²) in [5.41, 5.74) is 3.24. The molecule has 2 aromatic heterocycles. The van der Waals surface area contributed by atoms with Gasteiger partial charge in [0.15, 0.2) is 5.13 Å². The zero-order valence-corrected chi connectivity index (χ0v) is 22.2. The number of sulfonamides is 1. The Hall–Kier alpha value is -3.66. The van der Waals surface area contributed by atoms with E-state index in [4.69, 9.17) is 4.98 Å². The van der Waals surface area contributed by atoms with Gasteiger partial charge in [-0.05, 0) is 60.0 Å². The quantitative estimate of drug-likeness (QED) is 0.240. The Morgan fingerprint density at radius 1 is 1.03 bits per heavy atom. The number of carbonyl (C=O) groups is 1. The lowest BCUT2D eigenvalue weighted by atomic mass is 10.2. The fourth-order valence-corrected chi connectivity index (χ4v) is 6.23. The van der Waals surface area contributed by atoms with Gasteiger partial charge in [0.1, 0.15) is 0 Å². The highest BCUT2D eigenvalue weighted by molar-refractivity contribution is 7.89. The topological polar surface area (TPSA) is 83.5 Å². The highest BCUT2D eigenvalue weighted by atomic mass is 32.2. The Kier molecular flexibility index (Phi) is 8.27. The van der Waals surface area contributed by atoms with Crippen molar-refractivity contribution >= 4 is 42.6 Å². The molecule has 0 aliphatic heterocycles. The predicted octanol–water partition coefficient (Wildman–Crippen LogP) is 5.46. The molecule has 0 unspecified atom stereocenters. The molecule has 0 N–H and O–H groups in total. The number of rotatable bonds is 11. The molecule has 4 aromatic rings. The summed E-state index contributed by atoms with van der Waals surface area (Å²) in [6.07, 6.45) is 7.36. The Balaban J connectivity index is 1.69. The molecular formula is C28H28N4O3S2. The van der Waals surface area contributed by atoms with Gasteiger partial charge in [0, 0.05) is 31.0 Å². The number of aromatic nitrogens is 2. The summed E-state index contributed by atoms with van der Waals surface area (Å²) >= 11 is 1.45. The van der Waals surface area contributed by atoms with Crippen molar-refractivity contribution in [3.05, 3.63) is 109 Å². The second kappa shape index (κ2) is 11.6. The van der Waals surface area contributed by atoms with E-state index in [1.165, 1.54) is 57.6 Å². The fourth-order valence-electron chi connectivity index (χ4n) is 3.83. The van der Waals surface area contributed by atoms with Gasteiger partial charge in [-0.15, -0.1) is 13.2 Å². The van der Waals surface area contributed by atoms with Crippen LogP contribution < -0.4 is 4.90 Å². The van der Waals surface area contributed by atoms with Crippen LogP contribution in [0.5, 0.6) is 0 Å². The third-order valence-electron chi connectivity index (χ3n) is 5.79. The second-order valence-corrected chi connectivity index (χ2v) is 11.3. The van der Waals surface area contributed by atoms with Crippen LogP contribution in [0.2, 0.25) is 0 Å². The summed E-state index contributed by atoms with van der Waals surface area (Å²) in [5, 5.41) is 0.567. The van der Waals surface area contributed by atoms with Crippen LogP contribution in [0.1, 0.15) is 28.4 Å². The van der Waals surface area contributed by atoms with E-state index in [9.17, 15) is 13.2 Å². The van der Waals surface area contributed by atoms with E-state index in [1.807, 2.05) is 24.3 Å². The fraction of sp³-hybridized carbons (Fsp3) is 0.179. The van der Waals surface area contributed by atoms with Crippen LogP contribution in [0, 0.1) is 0 Å². The van der Waals surface area contributed by atoms with Gasteiger partial charge in [-0.2, -0.15) is 4.31 Å². The molecule has 0 spiro atoms. The minimum Gasteiger partial charge on any atom is -0.279 e. The smallest absolute Gasteiger partial charge is 0.260 e. The molecule has 2 aromatic carbocycles. The number of nitrogens with zero attached hydrogens (tertiary/aromatic N) is 4. The average Bonchev–Trinajstić information content (AvgIpc) is 3.35. The normalized spacial score (nSPS) is 11.5. The van der Waals surface area contributed by atoms with E-state index >= 15 is 0 Å². The van der Waals surface area contributed by atoms with Crippen LogP contribution >= 0.6 is 11.3 Å². The van der Waals surface area contributed by atoms with Crippen molar-refractivity contribution in [3.63, 3.8) is 0 Å². The summed E-state index contributed by atoms with van der Waals surface area (Å²) in [4.78, 5) is 24.3. The lowest BCUT2D eigenvalue weighted by Crippen LogP contribution is -2.32. The SMILES string of the molecule is C=CCN(CC=C)S(=O)(=O)c1ccc(C(=O)N(Cc2cccnc2)c2nc3ccc(CC)cc3s2)cc1. The molecule has 0 saturated carbocycles. The van der Waals surface area contributed by atoms with Gasteiger partial charge in [-0.1, -0.05) is 42.5 Å². The van der Waals surface area contributed by atoms with Crippen LogP contribution in [0.4, 0.5) is 5.13 Å². The van der Waals surface area contributed by atoms with Gasteiger partial charge in [0.05, 0.1) is 21.7 Å². The van der Waals surface area contributed by atoms with Crippen LogP contribution in [-0.4, -0.2) is 41.7 Å². The highest BCUT2D eigenvalue weighted by Gasteiger charge is 2.25. The molecule has 190 valence electrons. The highest BCUT2D eigenvalue weighted by Crippen LogP contribution is 2.32. The maximum absolute atomic E-state index is 13.7. The molecule has 0 aliphatic carbocycles. The standard InChI is InChI=1S/C28H28N4O3S2/c1-4-16-31(17-5-2)37(34,35)24-12-10-23(11-13-24)27(33)32(20-22-8-7-15-29-19-22)28-30-25-14-9-21(6-3)18-26(25)36-28/h4-5,7-15,18-19H,1-2,6,16-17,20H2,3H3. The molecule has 0 fully saturated rings. The monoisotopic (exact) mass is 532 g/mol. The molecule has 9 heteroatoms. The van der Waals surface area contributed by atoms with Crippen molar-refractivity contribution in [2.75, 3.05) is 18.0 Å². The molecule has 37 heavy (non-hydrogen) atoms. The number of fused-ring (bicyclic) bond motifs is 1. The Labute approximate surface area is 221 Å². The van der Waals surface area contributed by atoms with Crippen molar-refractivity contribution < 1.29 is 13.2 Å². The van der Waals surface area contributed by atoms with Crippen LogP contribution in [0.15, 0.2) is 97.2 Å². The van der Waals surface area contributed by atoms with Crippen LogP contribution in [0.3, 0.4) is 0 Å². The van der Waals surface area contributed by atoms with Gasteiger partial charge in [0.25, 0.3) is 5.91 Å². The van der Waals surface area contributed by atoms with Gasteiger partial charge < -0.3 is 0 Å². The minimum atomic E-state index is -3.77. The van der Waals surface area contributed by atoms with Gasteiger partial charge in [-0.3, -0.25) is 14.7 Å². The predicted molar refractivity (Wildman–Crippen MR) is 149 cm³/mol. The summed E-state index contributed by atoms with van der Waals surface area (Å²) in [6.45, 7) is 9.96. The van der Waals surface area contributed by atoms with E-state index < -0.39 is 10.0 Å². The summed E-state index contributed by atoms with van der Waals surface area (Å²) in [6, 6.07) is 15.8. The number of hydrogen-bond donors (Lipinski definition) is 0. The first-order chi connectivity index (χ1) is 17.9. The van der Waals surface area contributed by atoms with E-state index in [1.54, 1.807) is 17.3 Å². The number of hydrogen-bond acceptors (Lipinski definition) is 6. The third kappa shape index (κ3) is 5.85. The number of thiazole rings is 1. The first-order valence-electron chi connectivity index (χ1n) is 11.8. The Morgan fingerprint density at radius 3 is 2.38 bits per heavy atom. The second-order valence-electron chi connectivity index (χ2n) is 8.33.